The van der Waals surface area contributed by atoms with Gasteiger partial charge in [-0.15, -0.1) is 0 Å². The fourth-order valence-corrected chi connectivity index (χ4v) is 2.03. The van der Waals surface area contributed by atoms with Crippen LogP contribution in [0.25, 0.3) is 0 Å². The van der Waals surface area contributed by atoms with Gasteiger partial charge in [0.1, 0.15) is 11.9 Å². The summed E-state index contributed by atoms with van der Waals surface area (Å²) in [6.45, 7) is 2.23. The predicted molar refractivity (Wildman–Crippen MR) is 68.4 cm³/mol. The molecule has 2 atom stereocenters. The quantitative estimate of drug-likeness (QED) is 0.702. The molecule has 0 aliphatic carbocycles. The molecule has 18 heavy (non-hydrogen) atoms. The van der Waals surface area contributed by atoms with Crippen molar-refractivity contribution in [3.8, 4) is 5.75 Å². The number of amides is 1. The molecule has 1 fully saturated rings. The molecule has 98 valence electrons. The fourth-order valence-electron chi connectivity index (χ4n) is 2.03. The number of nitrogens with two attached hydrogens (primary N) is 1. The first-order chi connectivity index (χ1) is 8.60. The van der Waals surface area contributed by atoms with Crippen molar-refractivity contribution in [1.82, 2.24) is 0 Å². The van der Waals surface area contributed by atoms with Gasteiger partial charge in [0, 0.05) is 12.2 Å². The second-order valence-corrected chi connectivity index (χ2v) is 4.55. The number of phenols is 1. The van der Waals surface area contributed by atoms with Gasteiger partial charge in [-0.2, -0.15) is 0 Å². The summed E-state index contributed by atoms with van der Waals surface area (Å²) in [4.78, 5) is 11.9. The minimum absolute atomic E-state index is 0.0118. The Morgan fingerprint density at radius 1 is 1.56 bits per heavy atom. The fraction of sp³-hybridized carbons (Fsp3) is 0.462. The highest BCUT2D eigenvalue weighted by molar-refractivity contribution is 5.94. The number of benzene rings is 1. The number of aromatic hydroxyl groups is 1. The van der Waals surface area contributed by atoms with Crippen LogP contribution < -0.4 is 11.1 Å². The Hall–Kier alpha value is -1.59. The van der Waals surface area contributed by atoms with Crippen LogP contribution in [-0.2, 0) is 9.53 Å². The van der Waals surface area contributed by atoms with E-state index in [-0.39, 0.29) is 17.8 Å². The molecule has 0 aromatic heterocycles. The third-order valence-electron chi connectivity index (χ3n) is 3.13. The Morgan fingerprint density at radius 2 is 2.33 bits per heavy atom. The Kier molecular flexibility index (Phi) is 3.84. The molecule has 4 N–H and O–H groups in total. The molecule has 1 amide bonds. The van der Waals surface area contributed by atoms with Gasteiger partial charge < -0.3 is 20.9 Å². The van der Waals surface area contributed by atoms with Gasteiger partial charge >= 0.3 is 0 Å². The lowest BCUT2D eigenvalue weighted by Crippen LogP contribution is -2.29. The highest BCUT2D eigenvalue weighted by atomic mass is 16.5. The zero-order chi connectivity index (χ0) is 13.1. The van der Waals surface area contributed by atoms with Crippen molar-refractivity contribution in [2.24, 2.45) is 5.73 Å². The standard InChI is InChI=1S/C13H18N2O3/c1-8-6-9(2-4-11(8)16)15-13(17)12-5-3-10(7-14)18-12/h2,4,6,10,12,16H,3,5,7,14H2,1H3,(H,15,17). The van der Waals surface area contributed by atoms with E-state index in [0.717, 1.165) is 12.0 Å². The maximum Gasteiger partial charge on any atom is 0.253 e. The smallest absolute Gasteiger partial charge is 0.253 e. The van der Waals surface area contributed by atoms with Crippen molar-refractivity contribution in [1.29, 1.82) is 0 Å². The molecule has 0 spiro atoms. The largest absolute Gasteiger partial charge is 0.508 e. The molecular formula is C13H18N2O3. The number of nitrogens with one attached hydrogen (secondary N) is 1. The monoisotopic (exact) mass is 250 g/mol. The van der Waals surface area contributed by atoms with E-state index < -0.39 is 6.10 Å². The van der Waals surface area contributed by atoms with Crippen LogP contribution in [0, 0.1) is 6.92 Å². The number of hydrogen-bond donors (Lipinski definition) is 3. The van der Waals surface area contributed by atoms with Crippen molar-refractivity contribution in [2.75, 3.05) is 11.9 Å². The van der Waals surface area contributed by atoms with E-state index >= 15 is 0 Å². The average molecular weight is 250 g/mol. The van der Waals surface area contributed by atoms with Crippen molar-refractivity contribution < 1.29 is 14.6 Å². The Balaban J connectivity index is 1.97. The molecule has 2 unspecified atom stereocenters. The van der Waals surface area contributed by atoms with E-state index in [1.165, 1.54) is 0 Å². The van der Waals surface area contributed by atoms with Gasteiger partial charge in [-0.05, 0) is 43.5 Å². The molecule has 5 nitrogen and oxygen atoms in total. The van der Waals surface area contributed by atoms with E-state index in [2.05, 4.69) is 5.32 Å². The predicted octanol–water partition coefficient (Wildman–Crippen LogP) is 1.15. The molecule has 1 aromatic rings. The van der Waals surface area contributed by atoms with Crippen molar-refractivity contribution in [3.63, 3.8) is 0 Å². The van der Waals surface area contributed by atoms with Gasteiger partial charge in [-0.3, -0.25) is 4.79 Å². The van der Waals surface area contributed by atoms with Crippen LogP contribution in [0.4, 0.5) is 5.69 Å². The molecule has 0 bridgehead atoms. The lowest BCUT2D eigenvalue weighted by atomic mass is 10.1. The summed E-state index contributed by atoms with van der Waals surface area (Å²) in [6.07, 6.45) is 1.09. The van der Waals surface area contributed by atoms with Crippen molar-refractivity contribution in [3.05, 3.63) is 23.8 Å². The lowest BCUT2D eigenvalue weighted by molar-refractivity contribution is -0.126. The normalized spacial score (nSPS) is 23.0. The summed E-state index contributed by atoms with van der Waals surface area (Å²) in [5.41, 5.74) is 6.89. The first-order valence-corrected chi connectivity index (χ1v) is 6.06. The number of rotatable bonds is 3. The van der Waals surface area contributed by atoms with E-state index in [4.69, 9.17) is 10.5 Å². The van der Waals surface area contributed by atoms with Gasteiger partial charge in [0.15, 0.2) is 0 Å². The van der Waals surface area contributed by atoms with Gasteiger partial charge in [-0.25, -0.2) is 0 Å². The van der Waals surface area contributed by atoms with Crippen LogP contribution in [0.3, 0.4) is 0 Å². The van der Waals surface area contributed by atoms with Crippen LogP contribution in [-0.4, -0.2) is 29.8 Å². The van der Waals surface area contributed by atoms with E-state index in [0.29, 0.717) is 18.7 Å². The topological polar surface area (TPSA) is 84.6 Å². The number of aryl methyl sites for hydroxylation is 1. The lowest BCUT2D eigenvalue weighted by Gasteiger charge is -2.13. The van der Waals surface area contributed by atoms with Crippen LogP contribution >= 0.6 is 0 Å². The maximum atomic E-state index is 11.9. The van der Waals surface area contributed by atoms with Gasteiger partial charge in [0.05, 0.1) is 6.10 Å². The molecule has 5 heteroatoms. The summed E-state index contributed by atoms with van der Waals surface area (Å²) >= 11 is 0. The highest BCUT2D eigenvalue weighted by Gasteiger charge is 2.29. The second kappa shape index (κ2) is 5.37. The third kappa shape index (κ3) is 2.80. The minimum atomic E-state index is -0.423. The first-order valence-electron chi connectivity index (χ1n) is 6.06. The first kappa shape index (κ1) is 12.9. The summed E-state index contributed by atoms with van der Waals surface area (Å²) in [5.74, 6) is 0.0596. The molecular weight excluding hydrogens is 232 g/mol. The Bertz CT molecular complexity index is 448. The Labute approximate surface area is 106 Å². The molecule has 1 aromatic carbocycles. The Morgan fingerprint density at radius 3 is 2.94 bits per heavy atom. The molecule has 0 saturated carbocycles. The van der Waals surface area contributed by atoms with Gasteiger partial charge in [0.25, 0.3) is 5.91 Å². The van der Waals surface area contributed by atoms with E-state index in [1.54, 1.807) is 25.1 Å². The third-order valence-corrected chi connectivity index (χ3v) is 3.13. The van der Waals surface area contributed by atoms with E-state index in [1.807, 2.05) is 0 Å². The molecule has 1 heterocycles. The highest BCUT2D eigenvalue weighted by Crippen LogP contribution is 2.23. The zero-order valence-corrected chi connectivity index (χ0v) is 10.3. The van der Waals surface area contributed by atoms with Crippen LogP contribution in [0.2, 0.25) is 0 Å². The van der Waals surface area contributed by atoms with Gasteiger partial charge in [0.2, 0.25) is 0 Å². The number of phenolic OH excluding ortho intramolecular Hbond substituents is 1. The summed E-state index contributed by atoms with van der Waals surface area (Å²) < 4.78 is 5.51. The maximum absolute atomic E-state index is 11.9. The zero-order valence-electron chi connectivity index (χ0n) is 10.3. The second-order valence-electron chi connectivity index (χ2n) is 4.55. The summed E-state index contributed by atoms with van der Waals surface area (Å²) in [6, 6.07) is 4.95. The molecule has 1 aliphatic rings. The van der Waals surface area contributed by atoms with Crippen molar-refractivity contribution >= 4 is 11.6 Å². The molecule has 2 rings (SSSR count). The number of anilines is 1. The number of carbonyl (C=O) groups is 1. The summed E-state index contributed by atoms with van der Waals surface area (Å²) in [7, 11) is 0. The molecule has 0 radical (unpaired) electrons. The average Bonchev–Trinajstić information content (AvgIpc) is 2.82. The summed E-state index contributed by atoms with van der Waals surface area (Å²) in [5, 5.41) is 12.2. The van der Waals surface area contributed by atoms with Crippen LogP contribution in [0.15, 0.2) is 18.2 Å². The SMILES string of the molecule is Cc1cc(NC(=O)C2CCC(CN)O2)ccc1O. The van der Waals surface area contributed by atoms with Gasteiger partial charge in [-0.1, -0.05) is 0 Å². The molecule has 1 aliphatic heterocycles. The van der Waals surface area contributed by atoms with Crippen LogP contribution in [0.5, 0.6) is 5.75 Å². The number of hydrogen-bond acceptors (Lipinski definition) is 4. The van der Waals surface area contributed by atoms with Crippen LogP contribution in [0.1, 0.15) is 18.4 Å². The molecule has 1 saturated heterocycles. The number of carbonyl (C=O) groups excluding carboxylic acids is 1. The minimum Gasteiger partial charge on any atom is -0.508 e. The van der Waals surface area contributed by atoms with Crippen molar-refractivity contribution in [2.45, 2.75) is 32.0 Å². The number of ether oxygens (including phenoxy) is 1. The van der Waals surface area contributed by atoms with E-state index in [9.17, 15) is 9.90 Å².